The molecule has 2 fully saturated rings. The lowest BCUT2D eigenvalue weighted by Gasteiger charge is -2.51. The number of carbonyl (C=O) groups is 3. The lowest BCUT2D eigenvalue weighted by molar-refractivity contribution is -0.359. The van der Waals surface area contributed by atoms with Crippen LogP contribution in [0.1, 0.15) is 74.3 Å². The normalized spacial score (nSPS) is 26.6. The fraction of sp³-hybridized carbons (Fsp3) is 0.531. The SMILES string of the molecule is COC1(c2cc(Cc3ccc(C4CC4)cc3)c(Cl)c3c2CCO3)O[C@H](COC(C)=O)[C@@H](C)[C@H](OC(C)=O)[C@H]1OC(C)=O. The third kappa shape index (κ3) is 6.00. The van der Waals surface area contributed by atoms with Crippen LogP contribution in [0.5, 0.6) is 5.75 Å². The van der Waals surface area contributed by atoms with E-state index in [9.17, 15) is 14.4 Å². The molecule has 2 aromatic carbocycles. The zero-order valence-corrected chi connectivity index (χ0v) is 25.3. The van der Waals surface area contributed by atoms with Crippen LogP contribution < -0.4 is 4.74 Å². The van der Waals surface area contributed by atoms with E-state index in [0.717, 1.165) is 16.7 Å². The van der Waals surface area contributed by atoms with Gasteiger partial charge < -0.3 is 28.4 Å². The van der Waals surface area contributed by atoms with Crippen molar-refractivity contribution in [2.75, 3.05) is 20.3 Å². The van der Waals surface area contributed by atoms with E-state index >= 15 is 0 Å². The largest absolute Gasteiger partial charge is 0.491 e. The molecule has 3 aliphatic rings. The van der Waals surface area contributed by atoms with Crippen LogP contribution in [0.25, 0.3) is 0 Å². The van der Waals surface area contributed by atoms with E-state index in [1.54, 1.807) is 6.92 Å². The Labute approximate surface area is 250 Å². The molecular weight excluding hydrogens is 564 g/mol. The summed E-state index contributed by atoms with van der Waals surface area (Å²) in [5, 5.41) is 0.491. The van der Waals surface area contributed by atoms with Gasteiger partial charge in [-0.2, -0.15) is 0 Å². The molecule has 0 aromatic heterocycles. The second-order valence-corrected chi connectivity index (χ2v) is 11.7. The molecule has 2 aromatic rings. The molecule has 1 saturated heterocycles. The molecule has 1 aliphatic carbocycles. The second kappa shape index (κ2) is 12.2. The molecule has 5 rings (SSSR count). The zero-order valence-electron chi connectivity index (χ0n) is 24.6. The molecule has 9 nitrogen and oxygen atoms in total. The topological polar surface area (TPSA) is 107 Å². The van der Waals surface area contributed by atoms with Gasteiger partial charge in [-0.1, -0.05) is 42.8 Å². The van der Waals surface area contributed by atoms with Crippen molar-refractivity contribution in [2.45, 2.75) is 83.4 Å². The molecule has 1 unspecified atom stereocenters. The lowest BCUT2D eigenvalue weighted by Crippen LogP contribution is -2.63. The van der Waals surface area contributed by atoms with Gasteiger partial charge in [0.05, 0.1) is 11.6 Å². The fourth-order valence-corrected chi connectivity index (χ4v) is 6.32. The highest BCUT2D eigenvalue weighted by Gasteiger charge is 2.60. The van der Waals surface area contributed by atoms with Crippen molar-refractivity contribution >= 4 is 29.5 Å². The van der Waals surface area contributed by atoms with E-state index in [4.69, 9.17) is 40.0 Å². The van der Waals surface area contributed by atoms with Crippen LogP contribution in [0, 0.1) is 5.92 Å². The van der Waals surface area contributed by atoms with Gasteiger partial charge in [-0.05, 0) is 47.9 Å². The maximum Gasteiger partial charge on any atom is 0.303 e. The van der Waals surface area contributed by atoms with Gasteiger partial charge in [0.15, 0.2) is 6.10 Å². The Morgan fingerprint density at radius 3 is 2.31 bits per heavy atom. The highest BCUT2D eigenvalue weighted by atomic mass is 35.5. The molecular formula is C32H37ClO9. The van der Waals surface area contributed by atoms with Crippen LogP contribution in [-0.2, 0) is 56.7 Å². The number of fused-ring (bicyclic) bond motifs is 1. The minimum absolute atomic E-state index is 0.126. The predicted octanol–water partition coefficient (Wildman–Crippen LogP) is 5.00. The van der Waals surface area contributed by atoms with Crippen LogP contribution >= 0.6 is 11.6 Å². The highest BCUT2D eigenvalue weighted by molar-refractivity contribution is 6.33. The average molecular weight is 601 g/mol. The Hall–Kier alpha value is -3.14. The molecule has 1 saturated carbocycles. The summed E-state index contributed by atoms with van der Waals surface area (Å²) in [5.41, 5.74) is 4.47. The first kappa shape index (κ1) is 30.3. The van der Waals surface area contributed by atoms with Crippen molar-refractivity contribution in [1.29, 1.82) is 0 Å². The average Bonchev–Trinajstić information content (AvgIpc) is 3.68. The number of hydrogen-bond acceptors (Lipinski definition) is 9. The molecule has 10 heteroatoms. The summed E-state index contributed by atoms with van der Waals surface area (Å²) < 4.78 is 35.8. The monoisotopic (exact) mass is 600 g/mol. The molecule has 0 bridgehead atoms. The van der Waals surface area contributed by atoms with Gasteiger partial charge in [-0.25, -0.2) is 0 Å². The summed E-state index contributed by atoms with van der Waals surface area (Å²) in [6.07, 6.45) is 0.528. The van der Waals surface area contributed by atoms with Gasteiger partial charge in [0, 0.05) is 51.3 Å². The zero-order chi connectivity index (χ0) is 30.2. The van der Waals surface area contributed by atoms with Gasteiger partial charge in [0.25, 0.3) is 0 Å². The summed E-state index contributed by atoms with van der Waals surface area (Å²) in [6, 6.07) is 10.4. The Kier molecular flexibility index (Phi) is 8.83. The number of hydrogen-bond donors (Lipinski definition) is 0. The van der Waals surface area contributed by atoms with Crippen LogP contribution in [0.15, 0.2) is 30.3 Å². The molecule has 42 heavy (non-hydrogen) atoms. The second-order valence-electron chi connectivity index (χ2n) is 11.3. The molecule has 0 radical (unpaired) electrons. The fourth-order valence-electron chi connectivity index (χ4n) is 6.03. The van der Waals surface area contributed by atoms with Crippen LogP contribution in [0.3, 0.4) is 0 Å². The first-order valence-corrected chi connectivity index (χ1v) is 14.7. The smallest absolute Gasteiger partial charge is 0.303 e. The highest BCUT2D eigenvalue weighted by Crippen LogP contribution is 2.50. The van der Waals surface area contributed by atoms with Crippen molar-refractivity contribution in [3.05, 3.63) is 63.2 Å². The molecule has 0 spiro atoms. The lowest BCUT2D eigenvalue weighted by atomic mass is 9.80. The summed E-state index contributed by atoms with van der Waals surface area (Å²) in [4.78, 5) is 36.5. The standard InChI is InChI=1S/C32H37ClO9/c1-17-27(16-39-18(2)34)42-32(37-5,31(41-20(4)36)29(17)40-19(3)35)26-15-24(28(33)30-25(26)12-13-38-30)14-21-6-8-22(9-7-21)23-10-11-23/h6-9,15,17,23,27,29,31H,10-14,16H2,1-5H3/t17-,27-,29+,31-,32?/m1/s1. The Balaban J connectivity index is 1.63. The van der Waals surface area contributed by atoms with E-state index in [2.05, 4.69) is 24.3 Å². The minimum Gasteiger partial charge on any atom is -0.491 e. The first-order chi connectivity index (χ1) is 20.0. The Morgan fingerprint density at radius 1 is 1.02 bits per heavy atom. The third-order valence-electron chi connectivity index (χ3n) is 8.25. The molecule has 226 valence electrons. The van der Waals surface area contributed by atoms with E-state index in [-0.39, 0.29) is 6.61 Å². The number of ether oxygens (including phenoxy) is 6. The van der Waals surface area contributed by atoms with Gasteiger partial charge in [0.2, 0.25) is 5.79 Å². The van der Waals surface area contributed by atoms with E-state index in [1.807, 2.05) is 6.07 Å². The number of methoxy groups -OCH3 is 1. The number of benzene rings is 2. The van der Waals surface area contributed by atoms with Crippen molar-refractivity contribution < 1.29 is 42.8 Å². The van der Waals surface area contributed by atoms with Gasteiger partial charge in [-0.15, -0.1) is 0 Å². The van der Waals surface area contributed by atoms with Crippen LogP contribution in [0.2, 0.25) is 5.02 Å². The number of halogens is 1. The van der Waals surface area contributed by atoms with Crippen LogP contribution in [-0.4, -0.2) is 56.5 Å². The molecule has 0 amide bonds. The van der Waals surface area contributed by atoms with Crippen molar-refractivity contribution in [3.63, 3.8) is 0 Å². The number of carbonyl (C=O) groups excluding carboxylic acids is 3. The van der Waals surface area contributed by atoms with Crippen molar-refractivity contribution in [2.24, 2.45) is 5.92 Å². The van der Waals surface area contributed by atoms with Gasteiger partial charge >= 0.3 is 17.9 Å². The van der Waals surface area contributed by atoms with Gasteiger partial charge in [0.1, 0.15) is 24.6 Å². The minimum atomic E-state index is -1.74. The van der Waals surface area contributed by atoms with Crippen LogP contribution in [0.4, 0.5) is 0 Å². The summed E-state index contributed by atoms with van der Waals surface area (Å²) in [7, 11) is 1.44. The first-order valence-electron chi connectivity index (χ1n) is 14.3. The Bertz CT molecular complexity index is 1350. The maximum atomic E-state index is 12.5. The Morgan fingerprint density at radius 2 is 1.71 bits per heavy atom. The maximum absolute atomic E-state index is 12.5. The number of esters is 3. The van der Waals surface area contributed by atoms with E-state index in [0.29, 0.717) is 41.7 Å². The van der Waals surface area contributed by atoms with E-state index < -0.39 is 47.9 Å². The molecule has 5 atom stereocenters. The summed E-state index contributed by atoms with van der Waals surface area (Å²) in [5.74, 6) is -2.76. The molecule has 2 heterocycles. The molecule has 2 aliphatic heterocycles. The summed E-state index contributed by atoms with van der Waals surface area (Å²) in [6.45, 7) is 5.90. The van der Waals surface area contributed by atoms with E-state index in [1.165, 1.54) is 46.3 Å². The third-order valence-corrected chi connectivity index (χ3v) is 8.66. The van der Waals surface area contributed by atoms with Crippen molar-refractivity contribution in [3.8, 4) is 5.75 Å². The predicted molar refractivity (Wildman–Crippen MR) is 152 cm³/mol. The molecule has 0 N–H and O–H groups in total. The van der Waals surface area contributed by atoms with Gasteiger partial charge in [-0.3, -0.25) is 14.4 Å². The quantitative estimate of drug-likeness (QED) is 0.290. The van der Waals surface area contributed by atoms with Crippen molar-refractivity contribution in [1.82, 2.24) is 0 Å². The summed E-state index contributed by atoms with van der Waals surface area (Å²) >= 11 is 6.93. The number of rotatable bonds is 9.